The fraction of sp³-hybridized carbons (Fsp3) is 0.750. The van der Waals surface area contributed by atoms with Crippen LogP contribution < -0.4 is 5.73 Å². The molecule has 4 atom stereocenters. The summed E-state index contributed by atoms with van der Waals surface area (Å²) in [5.41, 5.74) is 8.53. The molecule has 33 heavy (non-hydrogen) atoms. The average molecular weight is 457 g/mol. The smallest absolute Gasteiger partial charge is 0.306 e. The number of nitrogens with two attached hydrogens (primary N) is 1. The van der Waals surface area contributed by atoms with Gasteiger partial charge in [0.05, 0.1) is 5.92 Å². The molecule has 0 aromatic heterocycles. The molecule has 1 aromatic rings. The highest BCUT2D eigenvalue weighted by Gasteiger charge is 2.51. The molecule has 1 aliphatic heterocycles. The lowest BCUT2D eigenvalue weighted by Gasteiger charge is -2.56. The van der Waals surface area contributed by atoms with Gasteiger partial charge >= 0.3 is 5.97 Å². The second-order valence-electron chi connectivity index (χ2n) is 11.2. The van der Waals surface area contributed by atoms with Crippen LogP contribution in [-0.4, -0.2) is 46.8 Å². The van der Waals surface area contributed by atoms with Crippen LogP contribution in [0.4, 0.5) is 0 Å². The van der Waals surface area contributed by atoms with E-state index in [1.165, 1.54) is 43.5 Å². The number of piperidine rings is 1. The maximum absolute atomic E-state index is 11.6. The topological polar surface area (TPSA) is 86.8 Å². The minimum atomic E-state index is -0.651. The lowest BCUT2D eigenvalue weighted by molar-refractivity contribution is -0.142. The number of phenols is 1. The molecule has 1 aromatic carbocycles. The summed E-state index contributed by atoms with van der Waals surface area (Å²) in [6.45, 7) is 5.53. The van der Waals surface area contributed by atoms with Gasteiger partial charge in [0.15, 0.2) is 0 Å². The molecular weight excluding hydrogens is 412 g/mol. The van der Waals surface area contributed by atoms with Crippen LogP contribution in [0.2, 0.25) is 0 Å². The Balaban J connectivity index is 1.39. The van der Waals surface area contributed by atoms with Gasteiger partial charge in [-0.15, -0.1) is 0 Å². The average Bonchev–Trinajstić information content (AvgIpc) is 3.60. The van der Waals surface area contributed by atoms with E-state index in [0.717, 1.165) is 63.7 Å². The second-order valence-corrected chi connectivity index (χ2v) is 11.2. The molecule has 184 valence electrons. The predicted octanol–water partition coefficient (Wildman–Crippen LogP) is 5.09. The number of hydrogen-bond donors (Lipinski definition) is 3. The van der Waals surface area contributed by atoms with Crippen LogP contribution in [0.25, 0.3) is 0 Å². The van der Waals surface area contributed by atoms with Gasteiger partial charge in [0.1, 0.15) is 5.75 Å². The predicted molar refractivity (Wildman–Crippen MR) is 132 cm³/mol. The highest BCUT2D eigenvalue weighted by Crippen LogP contribution is 2.53. The maximum atomic E-state index is 11.6. The van der Waals surface area contributed by atoms with Crippen molar-refractivity contribution < 1.29 is 15.0 Å². The van der Waals surface area contributed by atoms with E-state index in [1.54, 1.807) is 0 Å². The number of carboxylic acid groups (broad SMARTS) is 1. The van der Waals surface area contributed by atoms with E-state index < -0.39 is 5.97 Å². The number of carboxylic acids is 1. The van der Waals surface area contributed by atoms with Gasteiger partial charge < -0.3 is 15.9 Å². The van der Waals surface area contributed by atoms with E-state index in [1.807, 2.05) is 6.07 Å². The van der Waals surface area contributed by atoms with Gasteiger partial charge in [-0.2, -0.15) is 0 Å². The molecule has 0 spiro atoms. The van der Waals surface area contributed by atoms with Gasteiger partial charge in [0, 0.05) is 18.0 Å². The quantitative estimate of drug-likeness (QED) is 0.360. The molecule has 1 saturated heterocycles. The van der Waals surface area contributed by atoms with Gasteiger partial charge in [-0.3, -0.25) is 9.69 Å². The normalized spacial score (nSPS) is 27.8. The summed E-state index contributed by atoms with van der Waals surface area (Å²) in [5.74, 6) is 1.01. The summed E-state index contributed by atoms with van der Waals surface area (Å²) in [6.07, 6.45) is 12.8. The minimum Gasteiger partial charge on any atom is -0.508 e. The highest BCUT2D eigenvalue weighted by atomic mass is 16.4. The number of likely N-dealkylation sites (tertiary alicyclic amines) is 1. The summed E-state index contributed by atoms with van der Waals surface area (Å²) in [6, 6.07) is 6.68. The van der Waals surface area contributed by atoms with Crippen LogP contribution in [0.15, 0.2) is 18.2 Å². The Bertz CT molecular complexity index is 808. The molecule has 3 aliphatic rings. The van der Waals surface area contributed by atoms with Crippen LogP contribution in [-0.2, 0) is 16.6 Å². The first-order valence-corrected chi connectivity index (χ1v) is 13.4. The zero-order valence-corrected chi connectivity index (χ0v) is 20.5. The van der Waals surface area contributed by atoms with Gasteiger partial charge in [0.25, 0.3) is 0 Å². The zero-order chi connectivity index (χ0) is 23.4. The van der Waals surface area contributed by atoms with Crippen LogP contribution in [0.5, 0.6) is 5.75 Å². The molecule has 2 bridgehead atoms. The molecular formula is C28H44N2O3. The first-order chi connectivity index (χ1) is 15.9. The van der Waals surface area contributed by atoms with Crippen molar-refractivity contribution in [3.05, 3.63) is 29.3 Å². The molecule has 2 aliphatic carbocycles. The third-order valence-corrected chi connectivity index (χ3v) is 9.04. The Labute approximate surface area is 199 Å². The molecule has 0 unspecified atom stereocenters. The van der Waals surface area contributed by atoms with Crippen molar-refractivity contribution in [2.75, 3.05) is 19.6 Å². The number of fused-ring (bicyclic) bond motifs is 4. The Morgan fingerprint density at radius 1 is 1.18 bits per heavy atom. The standard InChI is InChI=1S/C28H44N2O3/c1-20-26-17-23-11-12-24(31)18-25(23)28(20,14-16-30(26)19-21-9-10-21)13-5-2-3-7-22(27(32)33)8-4-6-15-29/h11-12,18,20-22,26,31H,2-10,13-17,19,29H2,1H3,(H,32,33)/t20-,22-,26+,28+/m0/s1. The first-order valence-electron chi connectivity index (χ1n) is 13.4. The second kappa shape index (κ2) is 10.8. The summed E-state index contributed by atoms with van der Waals surface area (Å²) in [5, 5.41) is 19.9. The fourth-order valence-corrected chi connectivity index (χ4v) is 6.82. The summed E-state index contributed by atoms with van der Waals surface area (Å²) < 4.78 is 0. The third kappa shape index (κ3) is 5.57. The number of phenolic OH excluding ortho intramolecular Hbond substituents is 1. The number of unbranched alkanes of at least 4 members (excludes halogenated alkanes) is 3. The fourth-order valence-electron chi connectivity index (χ4n) is 6.82. The summed E-state index contributed by atoms with van der Waals surface area (Å²) >= 11 is 0. The van der Waals surface area contributed by atoms with Crippen LogP contribution in [0.1, 0.15) is 88.7 Å². The Hall–Kier alpha value is -1.59. The molecule has 4 rings (SSSR count). The van der Waals surface area contributed by atoms with Crippen molar-refractivity contribution in [3.63, 3.8) is 0 Å². The van der Waals surface area contributed by atoms with Gasteiger partial charge in [-0.1, -0.05) is 38.7 Å². The summed E-state index contributed by atoms with van der Waals surface area (Å²) in [4.78, 5) is 14.4. The van der Waals surface area contributed by atoms with Crippen LogP contribution in [0, 0.1) is 17.8 Å². The van der Waals surface area contributed by atoms with Crippen LogP contribution >= 0.6 is 0 Å². The Morgan fingerprint density at radius 3 is 2.64 bits per heavy atom. The Kier molecular flexibility index (Phi) is 8.01. The number of rotatable bonds is 13. The van der Waals surface area contributed by atoms with Crippen molar-refractivity contribution in [3.8, 4) is 5.75 Å². The largest absolute Gasteiger partial charge is 0.508 e. The van der Waals surface area contributed by atoms with E-state index in [2.05, 4.69) is 24.0 Å². The maximum Gasteiger partial charge on any atom is 0.306 e. The lowest BCUT2D eigenvalue weighted by Crippen LogP contribution is -2.59. The van der Waals surface area contributed by atoms with Crippen molar-refractivity contribution in [1.29, 1.82) is 0 Å². The molecule has 1 saturated carbocycles. The van der Waals surface area contributed by atoms with E-state index >= 15 is 0 Å². The first kappa shape index (κ1) is 24.5. The van der Waals surface area contributed by atoms with E-state index in [-0.39, 0.29) is 11.3 Å². The van der Waals surface area contributed by atoms with Crippen molar-refractivity contribution in [2.24, 2.45) is 23.5 Å². The minimum absolute atomic E-state index is 0.143. The number of benzene rings is 1. The summed E-state index contributed by atoms with van der Waals surface area (Å²) in [7, 11) is 0. The highest BCUT2D eigenvalue weighted by molar-refractivity contribution is 5.69. The Morgan fingerprint density at radius 2 is 1.94 bits per heavy atom. The molecule has 0 radical (unpaired) electrons. The van der Waals surface area contributed by atoms with E-state index in [9.17, 15) is 15.0 Å². The third-order valence-electron chi connectivity index (χ3n) is 9.04. The number of carbonyl (C=O) groups is 1. The number of aromatic hydroxyl groups is 1. The number of aliphatic carboxylic acids is 1. The zero-order valence-electron chi connectivity index (χ0n) is 20.5. The van der Waals surface area contributed by atoms with E-state index in [0.29, 0.717) is 24.3 Å². The molecule has 1 heterocycles. The molecule has 5 nitrogen and oxygen atoms in total. The molecule has 2 fully saturated rings. The molecule has 4 N–H and O–H groups in total. The lowest BCUT2D eigenvalue weighted by atomic mass is 9.56. The van der Waals surface area contributed by atoms with Crippen LogP contribution in [0.3, 0.4) is 0 Å². The number of nitrogens with zero attached hydrogens (tertiary/aromatic N) is 1. The van der Waals surface area contributed by atoms with Gasteiger partial charge in [-0.05, 0) is 99.6 Å². The molecule has 5 heteroatoms. The number of hydrogen-bond acceptors (Lipinski definition) is 4. The van der Waals surface area contributed by atoms with Gasteiger partial charge in [0.2, 0.25) is 0 Å². The van der Waals surface area contributed by atoms with E-state index in [4.69, 9.17) is 5.73 Å². The molecule has 0 amide bonds. The SMILES string of the molecule is C[C@H]1[C@H]2Cc3ccc(O)cc3[C@]1(CCCCC[C@@H](CCCCN)C(=O)O)CCN2CC1CC1. The van der Waals surface area contributed by atoms with Gasteiger partial charge in [-0.25, -0.2) is 0 Å². The van der Waals surface area contributed by atoms with Crippen molar-refractivity contribution >= 4 is 5.97 Å². The van der Waals surface area contributed by atoms with Crippen molar-refractivity contribution in [2.45, 2.75) is 95.4 Å². The monoisotopic (exact) mass is 456 g/mol. The van der Waals surface area contributed by atoms with Crippen molar-refractivity contribution in [1.82, 2.24) is 4.90 Å².